The highest BCUT2D eigenvalue weighted by Crippen LogP contribution is 2.26. The number of hydrogen-bond donors (Lipinski definition) is 1. The van der Waals surface area contributed by atoms with E-state index in [0.717, 1.165) is 22.3 Å². The first kappa shape index (κ1) is 11.9. The van der Waals surface area contributed by atoms with Crippen molar-refractivity contribution in [2.75, 3.05) is 5.32 Å². The summed E-state index contributed by atoms with van der Waals surface area (Å²) in [4.78, 5) is 8.45. The third-order valence-corrected chi connectivity index (χ3v) is 3.70. The molecule has 5 heteroatoms. The van der Waals surface area contributed by atoms with Crippen LogP contribution in [0.25, 0.3) is 0 Å². The van der Waals surface area contributed by atoms with Crippen LogP contribution in [0.1, 0.15) is 11.1 Å². The summed E-state index contributed by atoms with van der Waals surface area (Å²) in [6.45, 7) is 0. The van der Waals surface area contributed by atoms with Gasteiger partial charge in [0.15, 0.2) is 0 Å². The van der Waals surface area contributed by atoms with Gasteiger partial charge >= 0.3 is 0 Å². The zero-order chi connectivity index (χ0) is 12.5. The van der Waals surface area contributed by atoms with Gasteiger partial charge in [-0.05, 0) is 52.0 Å². The lowest BCUT2D eigenvalue weighted by atomic mass is 10.1. The molecule has 1 aliphatic carbocycles. The number of halogens is 2. The van der Waals surface area contributed by atoms with Crippen LogP contribution in [0.2, 0.25) is 5.02 Å². The van der Waals surface area contributed by atoms with E-state index in [2.05, 4.69) is 37.3 Å². The van der Waals surface area contributed by atoms with Gasteiger partial charge in [0.1, 0.15) is 0 Å². The summed E-state index contributed by atoms with van der Waals surface area (Å²) >= 11 is 9.32. The second-order valence-corrected chi connectivity index (χ2v) is 5.74. The standard InChI is InChI=1S/C13H11BrClN3/c14-10-6-16-13(17-7-10)18-12-4-8-1-2-11(15)3-9(8)5-12/h1-3,6-7,12H,4-5H2,(H,16,17,18). The Morgan fingerprint density at radius 1 is 1.17 bits per heavy atom. The number of fused-ring (bicyclic) bond motifs is 1. The Hall–Kier alpha value is -1.13. The van der Waals surface area contributed by atoms with Gasteiger partial charge in [-0.25, -0.2) is 9.97 Å². The van der Waals surface area contributed by atoms with Crippen molar-refractivity contribution >= 4 is 33.5 Å². The van der Waals surface area contributed by atoms with E-state index < -0.39 is 0 Å². The van der Waals surface area contributed by atoms with Crippen LogP contribution in [-0.2, 0) is 12.8 Å². The van der Waals surface area contributed by atoms with Gasteiger partial charge in [-0.3, -0.25) is 0 Å². The summed E-state index contributed by atoms with van der Waals surface area (Å²) in [7, 11) is 0. The smallest absolute Gasteiger partial charge is 0.222 e. The number of nitrogens with one attached hydrogen (secondary N) is 1. The van der Waals surface area contributed by atoms with Crippen molar-refractivity contribution in [3.8, 4) is 0 Å². The highest BCUT2D eigenvalue weighted by atomic mass is 79.9. The van der Waals surface area contributed by atoms with Gasteiger partial charge in [-0.2, -0.15) is 0 Å². The molecule has 3 rings (SSSR count). The van der Waals surface area contributed by atoms with Crippen molar-refractivity contribution in [1.29, 1.82) is 0 Å². The predicted octanol–water partition coefficient (Wildman–Crippen LogP) is 3.47. The number of anilines is 1. The Bertz CT molecular complexity index is 571. The number of aromatic nitrogens is 2. The van der Waals surface area contributed by atoms with Gasteiger partial charge in [0.05, 0.1) is 4.47 Å². The van der Waals surface area contributed by atoms with E-state index in [9.17, 15) is 0 Å². The molecule has 0 spiro atoms. The molecule has 0 fully saturated rings. The molecule has 1 atom stereocenters. The SMILES string of the molecule is Clc1ccc2c(c1)CC(Nc1ncc(Br)cn1)C2. The normalized spacial score (nSPS) is 17.6. The molecule has 92 valence electrons. The maximum absolute atomic E-state index is 6.00. The Labute approximate surface area is 119 Å². The summed E-state index contributed by atoms with van der Waals surface area (Å²) in [5, 5.41) is 4.15. The predicted molar refractivity (Wildman–Crippen MR) is 76.0 cm³/mol. The first-order chi connectivity index (χ1) is 8.70. The Morgan fingerprint density at radius 3 is 2.67 bits per heavy atom. The molecule has 0 amide bonds. The van der Waals surface area contributed by atoms with Crippen LogP contribution >= 0.6 is 27.5 Å². The molecule has 0 bridgehead atoms. The monoisotopic (exact) mass is 323 g/mol. The lowest BCUT2D eigenvalue weighted by Crippen LogP contribution is -2.20. The van der Waals surface area contributed by atoms with E-state index in [1.807, 2.05) is 12.1 Å². The van der Waals surface area contributed by atoms with Crippen molar-refractivity contribution in [3.63, 3.8) is 0 Å². The fourth-order valence-electron chi connectivity index (χ4n) is 2.26. The molecule has 3 nitrogen and oxygen atoms in total. The molecule has 1 aromatic heterocycles. The second kappa shape index (κ2) is 4.86. The minimum atomic E-state index is 0.347. The highest BCUT2D eigenvalue weighted by Gasteiger charge is 2.21. The number of hydrogen-bond acceptors (Lipinski definition) is 3. The van der Waals surface area contributed by atoms with Crippen LogP contribution in [-0.4, -0.2) is 16.0 Å². The molecule has 0 saturated heterocycles. The molecule has 2 aromatic rings. The van der Waals surface area contributed by atoms with Gasteiger partial charge in [-0.15, -0.1) is 0 Å². The summed E-state index contributed by atoms with van der Waals surface area (Å²) < 4.78 is 0.884. The third kappa shape index (κ3) is 2.49. The Morgan fingerprint density at radius 2 is 1.89 bits per heavy atom. The van der Waals surface area contributed by atoms with Crippen molar-refractivity contribution < 1.29 is 0 Å². The zero-order valence-electron chi connectivity index (χ0n) is 9.53. The maximum atomic E-state index is 6.00. The number of nitrogens with zero attached hydrogens (tertiary/aromatic N) is 2. The first-order valence-electron chi connectivity index (χ1n) is 5.72. The molecule has 0 saturated carbocycles. The minimum Gasteiger partial charge on any atom is -0.351 e. The number of benzene rings is 1. The van der Waals surface area contributed by atoms with Gasteiger partial charge in [0, 0.05) is 23.5 Å². The molecule has 1 heterocycles. The van der Waals surface area contributed by atoms with E-state index in [1.54, 1.807) is 12.4 Å². The third-order valence-electron chi connectivity index (χ3n) is 3.05. The molecule has 0 aliphatic heterocycles. The van der Waals surface area contributed by atoms with Crippen molar-refractivity contribution in [2.24, 2.45) is 0 Å². The lowest BCUT2D eigenvalue weighted by Gasteiger charge is -2.11. The van der Waals surface area contributed by atoms with Crippen LogP contribution in [0, 0.1) is 0 Å². The number of rotatable bonds is 2. The topological polar surface area (TPSA) is 37.8 Å². The van der Waals surface area contributed by atoms with E-state index in [4.69, 9.17) is 11.6 Å². The minimum absolute atomic E-state index is 0.347. The van der Waals surface area contributed by atoms with E-state index in [1.165, 1.54) is 11.1 Å². The van der Waals surface area contributed by atoms with Gasteiger partial charge in [0.2, 0.25) is 5.95 Å². The first-order valence-corrected chi connectivity index (χ1v) is 6.89. The largest absolute Gasteiger partial charge is 0.351 e. The second-order valence-electron chi connectivity index (χ2n) is 4.39. The molecule has 1 aliphatic rings. The van der Waals surface area contributed by atoms with Crippen LogP contribution in [0.3, 0.4) is 0 Å². The van der Waals surface area contributed by atoms with Crippen LogP contribution in [0.15, 0.2) is 35.1 Å². The summed E-state index contributed by atoms with van der Waals surface area (Å²) in [5.74, 6) is 0.669. The molecule has 1 aromatic carbocycles. The molecule has 0 radical (unpaired) electrons. The quantitative estimate of drug-likeness (QED) is 0.919. The van der Waals surface area contributed by atoms with E-state index in [-0.39, 0.29) is 0 Å². The molecule has 1 unspecified atom stereocenters. The molecular weight excluding hydrogens is 314 g/mol. The summed E-state index contributed by atoms with van der Waals surface area (Å²) in [5.41, 5.74) is 2.67. The molecular formula is C13H11BrClN3. The van der Waals surface area contributed by atoms with Crippen molar-refractivity contribution in [1.82, 2.24) is 9.97 Å². The Balaban J connectivity index is 1.72. The van der Waals surface area contributed by atoms with Crippen LogP contribution in [0.5, 0.6) is 0 Å². The Kier molecular flexibility index (Phi) is 3.22. The zero-order valence-corrected chi connectivity index (χ0v) is 11.9. The van der Waals surface area contributed by atoms with Gasteiger partial charge < -0.3 is 5.32 Å². The maximum Gasteiger partial charge on any atom is 0.222 e. The average Bonchev–Trinajstić information content (AvgIpc) is 2.73. The van der Waals surface area contributed by atoms with Crippen LogP contribution in [0.4, 0.5) is 5.95 Å². The summed E-state index contributed by atoms with van der Waals surface area (Å²) in [6.07, 6.45) is 5.45. The molecule has 18 heavy (non-hydrogen) atoms. The lowest BCUT2D eigenvalue weighted by molar-refractivity contribution is 0.761. The highest BCUT2D eigenvalue weighted by molar-refractivity contribution is 9.10. The van der Waals surface area contributed by atoms with Gasteiger partial charge in [0.25, 0.3) is 0 Å². The fourth-order valence-corrected chi connectivity index (χ4v) is 2.66. The van der Waals surface area contributed by atoms with Crippen molar-refractivity contribution in [2.45, 2.75) is 18.9 Å². The van der Waals surface area contributed by atoms with Gasteiger partial charge in [-0.1, -0.05) is 17.7 Å². The summed E-state index contributed by atoms with van der Waals surface area (Å²) in [6, 6.07) is 6.43. The van der Waals surface area contributed by atoms with E-state index in [0.29, 0.717) is 12.0 Å². The van der Waals surface area contributed by atoms with E-state index >= 15 is 0 Å². The average molecular weight is 325 g/mol. The van der Waals surface area contributed by atoms with Crippen molar-refractivity contribution in [3.05, 3.63) is 51.2 Å². The van der Waals surface area contributed by atoms with Crippen LogP contribution < -0.4 is 5.32 Å². The molecule has 1 N–H and O–H groups in total. The fraction of sp³-hybridized carbons (Fsp3) is 0.231.